The van der Waals surface area contributed by atoms with Crippen LogP contribution in [-0.2, 0) is 0 Å². The Morgan fingerprint density at radius 2 is 1.81 bits per heavy atom. The number of nitrogens with zero attached hydrogens (tertiary/aromatic N) is 5. The van der Waals surface area contributed by atoms with E-state index in [0.717, 1.165) is 22.5 Å². The maximum Gasteiger partial charge on any atom is 0.224 e. The summed E-state index contributed by atoms with van der Waals surface area (Å²) in [5, 5.41) is 4.42. The van der Waals surface area contributed by atoms with Crippen molar-refractivity contribution in [2.45, 2.75) is 20.8 Å². The average Bonchev–Trinajstić information content (AvgIpc) is 2.75. The van der Waals surface area contributed by atoms with E-state index in [9.17, 15) is 0 Å². The molecular formula is C14H16N6O. The second-order valence-electron chi connectivity index (χ2n) is 4.81. The minimum atomic E-state index is 0.325. The number of methoxy groups -OCH3 is 1. The van der Waals surface area contributed by atoms with Gasteiger partial charge in [-0.1, -0.05) is 0 Å². The van der Waals surface area contributed by atoms with Gasteiger partial charge in [0.15, 0.2) is 5.65 Å². The summed E-state index contributed by atoms with van der Waals surface area (Å²) in [4.78, 5) is 13.0. The minimum absolute atomic E-state index is 0.325. The number of hydrogen-bond acceptors (Lipinski definition) is 6. The summed E-state index contributed by atoms with van der Waals surface area (Å²) in [7, 11) is 1.60. The molecule has 0 amide bonds. The minimum Gasteiger partial charge on any atom is -0.481 e. The second-order valence-corrected chi connectivity index (χ2v) is 4.81. The first kappa shape index (κ1) is 13.3. The lowest BCUT2D eigenvalue weighted by Gasteiger charge is -2.07. The molecule has 0 radical (unpaired) electrons. The summed E-state index contributed by atoms with van der Waals surface area (Å²) in [5.41, 5.74) is 10.2. The maximum absolute atomic E-state index is 5.91. The molecule has 0 aliphatic carbocycles. The number of fused-ring (bicyclic) bond motifs is 1. The van der Waals surface area contributed by atoms with Gasteiger partial charge in [-0.05, 0) is 26.8 Å². The number of aromatic nitrogens is 5. The Labute approximate surface area is 121 Å². The summed E-state index contributed by atoms with van der Waals surface area (Å²) < 4.78 is 6.70. The zero-order valence-electron chi connectivity index (χ0n) is 12.4. The Kier molecular flexibility index (Phi) is 2.97. The Morgan fingerprint density at radius 1 is 1.05 bits per heavy atom. The average molecular weight is 284 g/mol. The van der Waals surface area contributed by atoms with Crippen LogP contribution in [0.4, 0.5) is 5.95 Å². The molecule has 3 rings (SSSR count). The van der Waals surface area contributed by atoms with Crippen LogP contribution in [0.15, 0.2) is 12.1 Å². The highest BCUT2D eigenvalue weighted by Gasteiger charge is 2.18. The Balaban J connectivity index is 2.32. The third-order valence-electron chi connectivity index (χ3n) is 3.34. The maximum atomic E-state index is 5.91. The molecule has 0 spiro atoms. The van der Waals surface area contributed by atoms with Crippen LogP contribution in [0.2, 0.25) is 0 Å². The van der Waals surface area contributed by atoms with E-state index in [1.54, 1.807) is 11.6 Å². The van der Waals surface area contributed by atoms with E-state index in [-0.39, 0.29) is 0 Å². The fraction of sp³-hybridized carbons (Fsp3) is 0.286. The van der Waals surface area contributed by atoms with Gasteiger partial charge in [0.1, 0.15) is 5.82 Å². The molecule has 0 bridgehead atoms. The topological polar surface area (TPSA) is 91.2 Å². The Bertz CT molecular complexity index is 839. The van der Waals surface area contributed by atoms with Crippen molar-refractivity contribution in [1.29, 1.82) is 0 Å². The summed E-state index contributed by atoms with van der Waals surface area (Å²) in [6.07, 6.45) is 0. The monoisotopic (exact) mass is 284 g/mol. The van der Waals surface area contributed by atoms with Crippen molar-refractivity contribution in [3.8, 4) is 17.0 Å². The highest BCUT2D eigenvalue weighted by molar-refractivity contribution is 5.81. The van der Waals surface area contributed by atoms with E-state index in [1.165, 1.54) is 0 Å². The molecule has 21 heavy (non-hydrogen) atoms. The third-order valence-corrected chi connectivity index (χ3v) is 3.34. The fourth-order valence-corrected chi connectivity index (χ4v) is 2.40. The lowest BCUT2D eigenvalue weighted by atomic mass is 10.1. The smallest absolute Gasteiger partial charge is 0.224 e. The van der Waals surface area contributed by atoms with Gasteiger partial charge < -0.3 is 10.5 Å². The number of rotatable bonds is 2. The fourth-order valence-electron chi connectivity index (χ4n) is 2.40. The van der Waals surface area contributed by atoms with Crippen molar-refractivity contribution in [3.05, 3.63) is 29.3 Å². The van der Waals surface area contributed by atoms with E-state index in [4.69, 9.17) is 10.5 Å². The predicted molar refractivity (Wildman–Crippen MR) is 79.2 cm³/mol. The first-order chi connectivity index (χ1) is 10.0. The lowest BCUT2D eigenvalue weighted by molar-refractivity contribution is 0.397. The molecule has 0 saturated heterocycles. The molecule has 7 nitrogen and oxygen atoms in total. The molecular weight excluding hydrogens is 268 g/mol. The van der Waals surface area contributed by atoms with E-state index in [1.807, 2.05) is 32.9 Å². The molecule has 0 aliphatic rings. The standard InChI is InChI=1S/C14H16N6O/c1-7-10(5-6-11(16-7)21-4)12-8(2)19-20-13(12)17-9(3)18-14(20)15/h5-6H,1-4H3,(H2,15,17,18). The number of pyridine rings is 1. The van der Waals surface area contributed by atoms with Crippen LogP contribution >= 0.6 is 0 Å². The van der Waals surface area contributed by atoms with E-state index in [0.29, 0.717) is 23.3 Å². The van der Waals surface area contributed by atoms with E-state index in [2.05, 4.69) is 20.1 Å². The molecule has 0 aromatic carbocycles. The first-order valence-electron chi connectivity index (χ1n) is 6.52. The summed E-state index contributed by atoms with van der Waals surface area (Å²) in [6, 6.07) is 3.78. The molecule has 3 heterocycles. The zero-order valence-corrected chi connectivity index (χ0v) is 12.4. The number of hydrogen-bond donors (Lipinski definition) is 1. The van der Waals surface area contributed by atoms with Crippen LogP contribution in [0.25, 0.3) is 16.8 Å². The number of nitrogens with two attached hydrogens (primary N) is 1. The van der Waals surface area contributed by atoms with Crippen LogP contribution in [-0.4, -0.2) is 31.7 Å². The number of anilines is 1. The highest BCUT2D eigenvalue weighted by Crippen LogP contribution is 2.30. The number of ether oxygens (including phenoxy) is 1. The largest absolute Gasteiger partial charge is 0.481 e. The van der Waals surface area contributed by atoms with Crippen LogP contribution in [0, 0.1) is 20.8 Å². The molecule has 0 aliphatic heterocycles. The Morgan fingerprint density at radius 3 is 2.48 bits per heavy atom. The van der Waals surface area contributed by atoms with Gasteiger partial charge >= 0.3 is 0 Å². The van der Waals surface area contributed by atoms with Gasteiger partial charge in [-0.15, -0.1) is 0 Å². The van der Waals surface area contributed by atoms with Crippen LogP contribution < -0.4 is 10.5 Å². The van der Waals surface area contributed by atoms with Gasteiger partial charge in [-0.2, -0.15) is 14.6 Å². The van der Waals surface area contributed by atoms with E-state index >= 15 is 0 Å². The van der Waals surface area contributed by atoms with E-state index < -0.39 is 0 Å². The number of nitrogen functional groups attached to an aromatic ring is 1. The summed E-state index contributed by atoms with van der Waals surface area (Å²) >= 11 is 0. The normalized spacial score (nSPS) is 11.0. The molecule has 7 heteroatoms. The second kappa shape index (κ2) is 4.69. The quantitative estimate of drug-likeness (QED) is 0.770. The molecule has 3 aromatic heterocycles. The highest BCUT2D eigenvalue weighted by atomic mass is 16.5. The molecule has 0 atom stereocenters. The molecule has 2 N–H and O–H groups in total. The SMILES string of the molecule is COc1ccc(-c2c(C)nn3c(N)nc(C)nc23)c(C)n1. The van der Waals surface area contributed by atoms with Gasteiger partial charge in [-0.3, -0.25) is 0 Å². The van der Waals surface area contributed by atoms with Crippen LogP contribution in [0.1, 0.15) is 17.2 Å². The molecule has 3 aromatic rings. The molecule has 108 valence electrons. The van der Waals surface area contributed by atoms with Crippen molar-refractivity contribution in [2.24, 2.45) is 0 Å². The molecule has 0 saturated carbocycles. The third kappa shape index (κ3) is 2.06. The summed E-state index contributed by atoms with van der Waals surface area (Å²) in [5.74, 6) is 1.52. The van der Waals surface area contributed by atoms with Crippen LogP contribution in [0.5, 0.6) is 5.88 Å². The lowest BCUT2D eigenvalue weighted by Crippen LogP contribution is -2.05. The molecule has 0 fully saturated rings. The van der Waals surface area contributed by atoms with Gasteiger partial charge in [0, 0.05) is 17.3 Å². The van der Waals surface area contributed by atoms with Crippen molar-refractivity contribution >= 4 is 11.6 Å². The predicted octanol–water partition coefficient (Wildman–Crippen LogP) is 1.70. The van der Waals surface area contributed by atoms with Gasteiger partial charge in [0.2, 0.25) is 11.8 Å². The van der Waals surface area contributed by atoms with Crippen molar-refractivity contribution in [1.82, 2.24) is 24.6 Å². The molecule has 0 unspecified atom stereocenters. The van der Waals surface area contributed by atoms with Crippen LogP contribution in [0.3, 0.4) is 0 Å². The number of aryl methyl sites for hydroxylation is 3. The Hall–Kier alpha value is -2.70. The van der Waals surface area contributed by atoms with Gasteiger partial charge in [0.25, 0.3) is 0 Å². The van der Waals surface area contributed by atoms with Crippen molar-refractivity contribution < 1.29 is 4.74 Å². The summed E-state index contributed by atoms with van der Waals surface area (Å²) in [6.45, 7) is 5.66. The van der Waals surface area contributed by atoms with Crippen molar-refractivity contribution in [3.63, 3.8) is 0 Å². The zero-order chi connectivity index (χ0) is 15.1. The van der Waals surface area contributed by atoms with Gasteiger partial charge in [0.05, 0.1) is 18.4 Å². The van der Waals surface area contributed by atoms with Crippen molar-refractivity contribution in [2.75, 3.05) is 12.8 Å². The first-order valence-corrected chi connectivity index (χ1v) is 6.52. The van der Waals surface area contributed by atoms with Gasteiger partial charge in [-0.25, -0.2) is 9.97 Å².